The SMILES string of the molecule is CCNC(=O)Nc1ccc(OCC(=O)NC(C)c2ccc(OC)c(OC)c2)nc1. The molecule has 1 aromatic carbocycles. The third-order valence-corrected chi connectivity index (χ3v) is 3.97. The Morgan fingerprint density at radius 2 is 1.86 bits per heavy atom. The lowest BCUT2D eigenvalue weighted by atomic mass is 10.1. The molecule has 0 bridgehead atoms. The van der Waals surface area contributed by atoms with Gasteiger partial charge in [-0.15, -0.1) is 0 Å². The molecule has 1 unspecified atom stereocenters. The number of methoxy groups -OCH3 is 2. The number of hydrogen-bond acceptors (Lipinski definition) is 6. The van der Waals surface area contributed by atoms with Gasteiger partial charge in [-0.25, -0.2) is 9.78 Å². The highest BCUT2D eigenvalue weighted by Gasteiger charge is 2.13. The standard InChI is InChI=1S/C20H26N4O5/c1-5-21-20(26)24-15-7-9-19(22-11-15)29-12-18(25)23-13(2)14-6-8-16(27-3)17(10-14)28-4/h6-11,13H,5,12H2,1-4H3,(H,23,25)(H2,21,24,26). The zero-order valence-corrected chi connectivity index (χ0v) is 16.9. The lowest BCUT2D eigenvalue weighted by molar-refractivity contribution is -0.123. The second kappa shape index (κ2) is 10.7. The molecule has 0 aliphatic rings. The van der Waals surface area contributed by atoms with Crippen LogP contribution < -0.4 is 30.2 Å². The highest BCUT2D eigenvalue weighted by Crippen LogP contribution is 2.29. The molecule has 1 atom stereocenters. The molecular formula is C20H26N4O5. The Labute approximate surface area is 169 Å². The van der Waals surface area contributed by atoms with Crippen molar-refractivity contribution in [2.45, 2.75) is 19.9 Å². The van der Waals surface area contributed by atoms with Crippen LogP contribution in [-0.4, -0.2) is 44.3 Å². The minimum Gasteiger partial charge on any atom is -0.493 e. The molecule has 156 valence electrons. The molecule has 0 aliphatic carbocycles. The summed E-state index contributed by atoms with van der Waals surface area (Å²) in [6, 6.07) is 8.11. The topological polar surface area (TPSA) is 111 Å². The number of amides is 3. The zero-order valence-electron chi connectivity index (χ0n) is 16.9. The van der Waals surface area contributed by atoms with Crippen LogP contribution in [0, 0.1) is 0 Å². The van der Waals surface area contributed by atoms with Crippen molar-refractivity contribution < 1.29 is 23.8 Å². The van der Waals surface area contributed by atoms with Gasteiger partial charge in [-0.05, 0) is 37.6 Å². The Hall–Kier alpha value is -3.49. The van der Waals surface area contributed by atoms with Crippen LogP contribution in [-0.2, 0) is 4.79 Å². The van der Waals surface area contributed by atoms with Gasteiger partial charge in [0.05, 0.1) is 32.1 Å². The van der Waals surface area contributed by atoms with Gasteiger partial charge in [0.25, 0.3) is 5.91 Å². The molecule has 0 spiro atoms. The van der Waals surface area contributed by atoms with E-state index in [1.807, 2.05) is 26.0 Å². The highest BCUT2D eigenvalue weighted by atomic mass is 16.5. The molecule has 29 heavy (non-hydrogen) atoms. The number of ether oxygens (including phenoxy) is 3. The number of carbonyl (C=O) groups is 2. The van der Waals surface area contributed by atoms with E-state index in [0.29, 0.717) is 23.7 Å². The molecular weight excluding hydrogens is 376 g/mol. The second-order valence-corrected chi connectivity index (χ2v) is 6.06. The Bertz CT molecular complexity index is 826. The van der Waals surface area contributed by atoms with Gasteiger partial charge in [0.15, 0.2) is 18.1 Å². The van der Waals surface area contributed by atoms with Crippen LogP contribution in [0.5, 0.6) is 17.4 Å². The van der Waals surface area contributed by atoms with E-state index in [0.717, 1.165) is 5.56 Å². The number of nitrogens with one attached hydrogen (secondary N) is 3. The average Bonchev–Trinajstić information content (AvgIpc) is 2.72. The van der Waals surface area contributed by atoms with Gasteiger partial charge in [-0.2, -0.15) is 0 Å². The summed E-state index contributed by atoms with van der Waals surface area (Å²) in [4.78, 5) is 27.7. The van der Waals surface area contributed by atoms with E-state index in [-0.39, 0.29) is 30.5 Å². The van der Waals surface area contributed by atoms with Crippen LogP contribution in [0.1, 0.15) is 25.5 Å². The first-order valence-corrected chi connectivity index (χ1v) is 9.11. The Kier molecular flexibility index (Phi) is 8.08. The van der Waals surface area contributed by atoms with E-state index in [4.69, 9.17) is 14.2 Å². The van der Waals surface area contributed by atoms with Crippen LogP contribution in [0.3, 0.4) is 0 Å². The fourth-order valence-corrected chi connectivity index (χ4v) is 2.50. The number of urea groups is 1. The third kappa shape index (κ3) is 6.56. The molecule has 1 heterocycles. The van der Waals surface area contributed by atoms with Gasteiger partial charge >= 0.3 is 6.03 Å². The lowest BCUT2D eigenvalue weighted by Crippen LogP contribution is -2.31. The molecule has 1 aromatic heterocycles. The molecule has 0 fully saturated rings. The molecule has 0 aliphatic heterocycles. The second-order valence-electron chi connectivity index (χ2n) is 6.06. The maximum atomic E-state index is 12.2. The first kappa shape index (κ1) is 21.8. The molecule has 3 N–H and O–H groups in total. The van der Waals surface area contributed by atoms with Gasteiger partial charge in [0.2, 0.25) is 5.88 Å². The molecule has 0 saturated heterocycles. The Morgan fingerprint density at radius 3 is 2.48 bits per heavy atom. The fraction of sp³-hybridized carbons (Fsp3) is 0.350. The van der Waals surface area contributed by atoms with E-state index >= 15 is 0 Å². The van der Waals surface area contributed by atoms with Gasteiger partial charge in [0.1, 0.15) is 0 Å². The number of hydrogen-bond donors (Lipinski definition) is 3. The number of carbonyl (C=O) groups excluding carboxylic acids is 2. The average molecular weight is 402 g/mol. The van der Waals surface area contributed by atoms with Crippen molar-refractivity contribution in [1.82, 2.24) is 15.6 Å². The molecule has 9 nitrogen and oxygen atoms in total. The molecule has 2 rings (SSSR count). The number of pyridine rings is 1. The van der Waals surface area contributed by atoms with Gasteiger partial charge < -0.3 is 30.2 Å². The van der Waals surface area contributed by atoms with Crippen molar-refractivity contribution in [3.05, 3.63) is 42.1 Å². The molecule has 0 radical (unpaired) electrons. The Morgan fingerprint density at radius 1 is 1.10 bits per heavy atom. The van der Waals surface area contributed by atoms with E-state index < -0.39 is 0 Å². The van der Waals surface area contributed by atoms with E-state index in [1.54, 1.807) is 32.4 Å². The molecule has 3 amide bonds. The number of rotatable bonds is 9. The summed E-state index contributed by atoms with van der Waals surface area (Å²) < 4.78 is 15.9. The predicted octanol–water partition coefficient (Wildman–Crippen LogP) is 2.50. The summed E-state index contributed by atoms with van der Waals surface area (Å²) in [5.74, 6) is 1.20. The van der Waals surface area contributed by atoms with Crippen molar-refractivity contribution in [3.8, 4) is 17.4 Å². The van der Waals surface area contributed by atoms with Crippen LogP contribution >= 0.6 is 0 Å². The quantitative estimate of drug-likeness (QED) is 0.594. The first-order chi connectivity index (χ1) is 14.0. The fourth-order valence-electron chi connectivity index (χ4n) is 2.50. The molecule has 2 aromatic rings. The van der Waals surface area contributed by atoms with Crippen LogP contribution in [0.15, 0.2) is 36.5 Å². The molecule has 9 heteroatoms. The first-order valence-electron chi connectivity index (χ1n) is 9.11. The van der Waals surface area contributed by atoms with Crippen molar-refractivity contribution in [2.75, 3.05) is 32.7 Å². The summed E-state index contributed by atoms with van der Waals surface area (Å²) in [6.07, 6.45) is 1.45. The Balaban J connectivity index is 1.85. The van der Waals surface area contributed by atoms with Crippen LogP contribution in [0.25, 0.3) is 0 Å². The van der Waals surface area contributed by atoms with Crippen molar-refractivity contribution in [1.29, 1.82) is 0 Å². The predicted molar refractivity (Wildman–Crippen MR) is 109 cm³/mol. The number of benzene rings is 1. The molecule has 0 saturated carbocycles. The summed E-state index contributed by atoms with van der Waals surface area (Å²) in [6.45, 7) is 4.02. The van der Waals surface area contributed by atoms with E-state index in [1.165, 1.54) is 6.20 Å². The van der Waals surface area contributed by atoms with Crippen molar-refractivity contribution >= 4 is 17.6 Å². The van der Waals surface area contributed by atoms with Crippen LogP contribution in [0.4, 0.5) is 10.5 Å². The maximum Gasteiger partial charge on any atom is 0.319 e. The van der Waals surface area contributed by atoms with E-state index in [9.17, 15) is 9.59 Å². The van der Waals surface area contributed by atoms with Crippen LogP contribution in [0.2, 0.25) is 0 Å². The van der Waals surface area contributed by atoms with Gasteiger partial charge in [0, 0.05) is 12.6 Å². The minimum atomic E-state index is -0.313. The zero-order chi connectivity index (χ0) is 21.2. The number of nitrogens with zero attached hydrogens (tertiary/aromatic N) is 1. The highest BCUT2D eigenvalue weighted by molar-refractivity contribution is 5.88. The number of aromatic nitrogens is 1. The number of anilines is 1. The summed E-state index contributed by atoms with van der Waals surface area (Å²) in [5.41, 5.74) is 1.39. The van der Waals surface area contributed by atoms with E-state index in [2.05, 4.69) is 20.9 Å². The van der Waals surface area contributed by atoms with Crippen molar-refractivity contribution in [2.24, 2.45) is 0 Å². The minimum absolute atomic E-state index is 0.187. The monoisotopic (exact) mass is 402 g/mol. The smallest absolute Gasteiger partial charge is 0.319 e. The summed E-state index contributed by atoms with van der Waals surface area (Å²) in [7, 11) is 3.12. The van der Waals surface area contributed by atoms with Gasteiger partial charge in [-0.3, -0.25) is 4.79 Å². The summed E-state index contributed by atoms with van der Waals surface area (Å²) >= 11 is 0. The largest absolute Gasteiger partial charge is 0.493 e. The normalized spacial score (nSPS) is 11.2. The van der Waals surface area contributed by atoms with Crippen molar-refractivity contribution in [3.63, 3.8) is 0 Å². The summed E-state index contributed by atoms with van der Waals surface area (Å²) in [5, 5.41) is 8.10. The maximum absolute atomic E-state index is 12.2. The lowest BCUT2D eigenvalue weighted by Gasteiger charge is -2.16. The third-order valence-electron chi connectivity index (χ3n) is 3.97. The van der Waals surface area contributed by atoms with Gasteiger partial charge in [-0.1, -0.05) is 6.07 Å².